The highest BCUT2D eigenvalue weighted by molar-refractivity contribution is 9.10. The van der Waals surface area contributed by atoms with Gasteiger partial charge in [-0.3, -0.25) is 0 Å². The summed E-state index contributed by atoms with van der Waals surface area (Å²) < 4.78 is 3.20. The number of aromatic nitrogens is 3. The molecule has 1 saturated carbocycles. The second kappa shape index (κ2) is 4.09. The summed E-state index contributed by atoms with van der Waals surface area (Å²) in [5.41, 5.74) is 2.30. The van der Waals surface area contributed by atoms with Crippen LogP contribution in [0.3, 0.4) is 0 Å². The molecule has 0 bridgehead atoms. The molecule has 0 atom stereocenters. The van der Waals surface area contributed by atoms with E-state index >= 15 is 0 Å². The lowest BCUT2D eigenvalue weighted by Crippen LogP contribution is -2.02. The van der Waals surface area contributed by atoms with Crippen molar-refractivity contribution in [3.8, 4) is 0 Å². The zero-order chi connectivity index (χ0) is 12.0. The van der Waals surface area contributed by atoms with Gasteiger partial charge in [0.2, 0.25) is 0 Å². The maximum Gasteiger partial charge on any atom is 0.144 e. The van der Waals surface area contributed by atoms with Crippen molar-refractivity contribution in [3.05, 3.63) is 22.2 Å². The van der Waals surface area contributed by atoms with E-state index in [1.807, 2.05) is 14.0 Å². The molecule has 2 aromatic rings. The third-order valence-electron chi connectivity index (χ3n) is 3.65. The molecule has 2 aromatic heterocycles. The molecule has 3 rings (SSSR count). The topological polar surface area (TPSA) is 30.7 Å². The first kappa shape index (κ1) is 11.2. The van der Waals surface area contributed by atoms with Crippen molar-refractivity contribution in [2.45, 2.75) is 38.5 Å². The maximum absolute atomic E-state index is 4.70. The molecule has 1 aliphatic carbocycles. The molecule has 0 saturated heterocycles. The van der Waals surface area contributed by atoms with Gasteiger partial charge >= 0.3 is 0 Å². The predicted octanol–water partition coefficient (Wildman–Crippen LogP) is 3.70. The molecule has 0 spiro atoms. The summed E-state index contributed by atoms with van der Waals surface area (Å²) in [6.45, 7) is 1.98. The van der Waals surface area contributed by atoms with Crippen LogP contribution < -0.4 is 0 Å². The van der Waals surface area contributed by atoms with Crippen molar-refractivity contribution in [1.29, 1.82) is 0 Å². The number of fused-ring (bicyclic) bond motifs is 1. The van der Waals surface area contributed by atoms with E-state index in [-0.39, 0.29) is 0 Å². The van der Waals surface area contributed by atoms with E-state index in [1.165, 1.54) is 36.8 Å². The van der Waals surface area contributed by atoms with Gasteiger partial charge in [-0.1, -0.05) is 12.8 Å². The van der Waals surface area contributed by atoms with E-state index < -0.39 is 0 Å². The molecule has 2 heterocycles. The monoisotopic (exact) mass is 293 g/mol. The molecular formula is C13H16BrN3. The van der Waals surface area contributed by atoms with Crippen LogP contribution in [0.1, 0.15) is 43.1 Å². The highest BCUT2D eigenvalue weighted by Crippen LogP contribution is 2.38. The van der Waals surface area contributed by atoms with Gasteiger partial charge in [-0.05, 0) is 35.7 Å². The van der Waals surface area contributed by atoms with E-state index in [9.17, 15) is 0 Å². The third-order valence-corrected chi connectivity index (χ3v) is 4.25. The summed E-state index contributed by atoms with van der Waals surface area (Å²) >= 11 is 3.64. The van der Waals surface area contributed by atoms with Crippen molar-refractivity contribution in [2.75, 3.05) is 0 Å². The fourth-order valence-corrected chi connectivity index (χ4v) is 3.54. The van der Waals surface area contributed by atoms with Gasteiger partial charge in [-0.15, -0.1) is 0 Å². The van der Waals surface area contributed by atoms with E-state index in [2.05, 4.69) is 31.7 Å². The van der Waals surface area contributed by atoms with Crippen LogP contribution in [0, 0.1) is 6.92 Å². The van der Waals surface area contributed by atoms with E-state index in [1.54, 1.807) is 0 Å². The summed E-state index contributed by atoms with van der Waals surface area (Å²) in [4.78, 5) is 9.25. The first-order chi connectivity index (χ1) is 8.16. The van der Waals surface area contributed by atoms with Crippen LogP contribution in [0.5, 0.6) is 0 Å². The van der Waals surface area contributed by atoms with Gasteiger partial charge in [0.1, 0.15) is 11.5 Å². The fraction of sp³-hybridized carbons (Fsp3) is 0.538. The molecule has 0 radical (unpaired) electrons. The molecule has 0 aromatic carbocycles. The Balaban J connectivity index is 2.28. The molecule has 17 heavy (non-hydrogen) atoms. The second-order valence-corrected chi connectivity index (χ2v) is 5.78. The van der Waals surface area contributed by atoms with E-state index in [0.717, 1.165) is 15.9 Å². The third kappa shape index (κ3) is 1.79. The minimum Gasteiger partial charge on any atom is -0.334 e. The Kier molecular flexibility index (Phi) is 2.69. The zero-order valence-corrected chi connectivity index (χ0v) is 11.8. The Morgan fingerprint density at radius 3 is 2.71 bits per heavy atom. The number of aryl methyl sites for hydroxylation is 2. The van der Waals surface area contributed by atoms with Gasteiger partial charge in [0.15, 0.2) is 0 Å². The molecule has 4 heteroatoms. The van der Waals surface area contributed by atoms with Gasteiger partial charge in [0, 0.05) is 23.6 Å². The molecule has 90 valence electrons. The smallest absolute Gasteiger partial charge is 0.144 e. The van der Waals surface area contributed by atoms with Crippen LogP contribution >= 0.6 is 15.9 Å². The zero-order valence-electron chi connectivity index (χ0n) is 10.2. The van der Waals surface area contributed by atoms with E-state index in [0.29, 0.717) is 5.92 Å². The Morgan fingerprint density at radius 1 is 1.29 bits per heavy atom. The SMILES string of the molecule is Cc1nc(C2CCCC2)c2c(Br)cn(C)c2n1. The Bertz CT molecular complexity index is 568. The summed E-state index contributed by atoms with van der Waals surface area (Å²) in [5, 5.41) is 1.21. The molecule has 3 nitrogen and oxygen atoms in total. The first-order valence-corrected chi connectivity index (χ1v) is 6.95. The minimum atomic E-state index is 0.623. The molecule has 1 fully saturated rings. The first-order valence-electron chi connectivity index (χ1n) is 6.16. The minimum absolute atomic E-state index is 0.623. The highest BCUT2D eigenvalue weighted by Gasteiger charge is 2.23. The largest absolute Gasteiger partial charge is 0.334 e. The standard InChI is InChI=1S/C13H16BrN3/c1-8-15-12(9-5-3-4-6-9)11-10(14)7-17(2)13(11)16-8/h7,9H,3-6H2,1-2H3. The lowest BCUT2D eigenvalue weighted by Gasteiger charge is -2.11. The van der Waals surface area contributed by atoms with Crippen molar-refractivity contribution < 1.29 is 0 Å². The van der Waals surface area contributed by atoms with Crippen LogP contribution in [0.4, 0.5) is 0 Å². The lowest BCUT2D eigenvalue weighted by molar-refractivity contribution is 0.697. The molecule has 1 aliphatic rings. The number of hydrogen-bond acceptors (Lipinski definition) is 2. The number of rotatable bonds is 1. The highest BCUT2D eigenvalue weighted by atomic mass is 79.9. The summed E-state index contributed by atoms with van der Waals surface area (Å²) in [5.74, 6) is 1.51. The summed E-state index contributed by atoms with van der Waals surface area (Å²) in [6, 6.07) is 0. The van der Waals surface area contributed by atoms with Gasteiger partial charge in [0.05, 0.1) is 11.1 Å². The Labute approximate surface area is 109 Å². The average Bonchev–Trinajstić information content (AvgIpc) is 2.88. The van der Waals surface area contributed by atoms with E-state index in [4.69, 9.17) is 4.98 Å². The van der Waals surface area contributed by atoms with Crippen LogP contribution in [-0.4, -0.2) is 14.5 Å². The van der Waals surface area contributed by atoms with Crippen molar-refractivity contribution >= 4 is 27.0 Å². The Morgan fingerprint density at radius 2 is 2.00 bits per heavy atom. The molecule has 0 aliphatic heterocycles. The van der Waals surface area contributed by atoms with Crippen molar-refractivity contribution in [2.24, 2.45) is 7.05 Å². The average molecular weight is 294 g/mol. The summed E-state index contributed by atoms with van der Waals surface area (Å²) in [7, 11) is 2.04. The molecule has 0 amide bonds. The van der Waals surface area contributed by atoms with Crippen LogP contribution in [0.2, 0.25) is 0 Å². The normalized spacial score (nSPS) is 17.1. The second-order valence-electron chi connectivity index (χ2n) is 4.92. The Hall–Kier alpha value is -0.900. The molecular weight excluding hydrogens is 278 g/mol. The van der Waals surface area contributed by atoms with Crippen molar-refractivity contribution in [3.63, 3.8) is 0 Å². The van der Waals surface area contributed by atoms with Gasteiger partial charge in [-0.25, -0.2) is 9.97 Å². The quantitative estimate of drug-likeness (QED) is 0.803. The number of halogens is 1. The molecule has 0 N–H and O–H groups in total. The maximum atomic E-state index is 4.70. The lowest BCUT2D eigenvalue weighted by atomic mass is 10.0. The van der Waals surface area contributed by atoms with Crippen LogP contribution in [-0.2, 0) is 7.05 Å². The van der Waals surface area contributed by atoms with Gasteiger partial charge in [-0.2, -0.15) is 0 Å². The van der Waals surface area contributed by atoms with Gasteiger partial charge < -0.3 is 4.57 Å². The van der Waals surface area contributed by atoms with Crippen LogP contribution in [0.25, 0.3) is 11.0 Å². The number of nitrogens with zero attached hydrogens (tertiary/aromatic N) is 3. The summed E-state index contributed by atoms with van der Waals surface area (Å²) in [6.07, 6.45) is 7.29. The van der Waals surface area contributed by atoms with Crippen LogP contribution in [0.15, 0.2) is 10.7 Å². The number of hydrogen-bond donors (Lipinski definition) is 0. The fourth-order valence-electron chi connectivity index (χ4n) is 2.85. The molecule has 0 unspecified atom stereocenters. The van der Waals surface area contributed by atoms with Crippen molar-refractivity contribution in [1.82, 2.24) is 14.5 Å². The van der Waals surface area contributed by atoms with Gasteiger partial charge in [0.25, 0.3) is 0 Å². The predicted molar refractivity (Wildman–Crippen MR) is 72.2 cm³/mol.